The smallest absolute Gasteiger partial charge is 0.274 e. The van der Waals surface area contributed by atoms with Crippen LogP contribution in [0.2, 0.25) is 0 Å². The molecule has 0 aliphatic heterocycles. The van der Waals surface area contributed by atoms with Gasteiger partial charge in [0.1, 0.15) is 11.5 Å². The summed E-state index contributed by atoms with van der Waals surface area (Å²) in [6.07, 6.45) is 1.79. The van der Waals surface area contributed by atoms with Gasteiger partial charge in [-0.3, -0.25) is 9.59 Å². The van der Waals surface area contributed by atoms with E-state index in [1.165, 1.54) is 22.9 Å². The number of amides is 1. The van der Waals surface area contributed by atoms with Crippen molar-refractivity contribution in [1.29, 1.82) is 0 Å². The van der Waals surface area contributed by atoms with Crippen molar-refractivity contribution in [2.45, 2.75) is 32.0 Å². The number of halogens is 1. The fraction of sp³-hybridized carbons (Fsp3) is 0.227. The molecule has 28 heavy (non-hydrogen) atoms. The zero-order valence-electron chi connectivity index (χ0n) is 15.3. The summed E-state index contributed by atoms with van der Waals surface area (Å²) in [5, 5.41) is 4.28. The largest absolute Gasteiger partial charge is 0.330 e. The molecule has 6 heteroatoms. The van der Waals surface area contributed by atoms with Gasteiger partial charge in [0.2, 0.25) is 0 Å². The summed E-state index contributed by atoms with van der Waals surface area (Å²) in [5.74, 6) is -0.615. The zero-order valence-corrected chi connectivity index (χ0v) is 15.3. The SMILES string of the molecule is O=C(c1ccc(=O)n(Cc2ccccc2)n1)N(Cc1ccccc1F)C1CC1. The molecular formula is C22H20FN3O2. The van der Waals surface area contributed by atoms with E-state index in [9.17, 15) is 14.0 Å². The minimum Gasteiger partial charge on any atom is -0.330 e. The molecule has 1 saturated carbocycles. The number of carbonyl (C=O) groups excluding carboxylic acids is 1. The van der Waals surface area contributed by atoms with Crippen molar-refractivity contribution in [3.63, 3.8) is 0 Å². The van der Waals surface area contributed by atoms with E-state index in [-0.39, 0.29) is 42.1 Å². The highest BCUT2D eigenvalue weighted by Crippen LogP contribution is 2.30. The van der Waals surface area contributed by atoms with Crippen molar-refractivity contribution in [2.75, 3.05) is 0 Å². The third kappa shape index (κ3) is 4.01. The average Bonchev–Trinajstić information content (AvgIpc) is 3.54. The Hall–Kier alpha value is -3.28. The van der Waals surface area contributed by atoms with Crippen LogP contribution in [0.4, 0.5) is 4.39 Å². The quantitative estimate of drug-likeness (QED) is 0.663. The molecule has 0 atom stereocenters. The summed E-state index contributed by atoms with van der Waals surface area (Å²) in [6.45, 7) is 0.479. The van der Waals surface area contributed by atoms with Gasteiger partial charge >= 0.3 is 0 Å². The first-order valence-electron chi connectivity index (χ1n) is 9.28. The molecule has 1 fully saturated rings. The van der Waals surface area contributed by atoms with E-state index in [0.29, 0.717) is 5.56 Å². The number of rotatable bonds is 6. The first-order chi connectivity index (χ1) is 13.6. The fourth-order valence-electron chi connectivity index (χ4n) is 3.14. The Labute approximate surface area is 162 Å². The molecule has 0 spiro atoms. The van der Waals surface area contributed by atoms with Crippen LogP contribution in [0, 0.1) is 5.82 Å². The predicted octanol–water partition coefficient (Wildman–Crippen LogP) is 3.24. The van der Waals surface area contributed by atoms with Crippen LogP contribution in [0.15, 0.2) is 71.5 Å². The Kier molecular flexibility index (Phi) is 5.02. The Bertz CT molecular complexity index is 1040. The molecule has 1 heterocycles. The first-order valence-corrected chi connectivity index (χ1v) is 9.28. The van der Waals surface area contributed by atoms with E-state index in [4.69, 9.17) is 0 Å². The van der Waals surface area contributed by atoms with Crippen molar-refractivity contribution in [2.24, 2.45) is 0 Å². The summed E-state index contributed by atoms with van der Waals surface area (Å²) >= 11 is 0. The van der Waals surface area contributed by atoms with Crippen molar-refractivity contribution in [3.05, 3.63) is 99.7 Å². The maximum Gasteiger partial charge on any atom is 0.274 e. The summed E-state index contributed by atoms with van der Waals surface area (Å²) < 4.78 is 15.3. The van der Waals surface area contributed by atoms with Crippen molar-refractivity contribution in [3.8, 4) is 0 Å². The van der Waals surface area contributed by atoms with Gasteiger partial charge in [0, 0.05) is 24.2 Å². The van der Waals surface area contributed by atoms with E-state index in [1.54, 1.807) is 23.1 Å². The van der Waals surface area contributed by atoms with Gasteiger partial charge in [0.05, 0.1) is 6.54 Å². The molecule has 0 bridgehead atoms. The summed E-state index contributed by atoms with van der Waals surface area (Å²) in [4.78, 5) is 26.9. The lowest BCUT2D eigenvalue weighted by Gasteiger charge is -2.22. The fourth-order valence-corrected chi connectivity index (χ4v) is 3.14. The van der Waals surface area contributed by atoms with Crippen LogP contribution in [-0.4, -0.2) is 26.6 Å². The molecule has 3 aromatic rings. The van der Waals surface area contributed by atoms with Gasteiger partial charge in [0.15, 0.2) is 0 Å². The Morgan fingerprint density at radius 3 is 2.46 bits per heavy atom. The van der Waals surface area contributed by atoms with Gasteiger partial charge in [-0.25, -0.2) is 9.07 Å². The van der Waals surface area contributed by atoms with Crippen LogP contribution in [0.5, 0.6) is 0 Å². The first kappa shape index (κ1) is 18.1. The van der Waals surface area contributed by atoms with E-state index >= 15 is 0 Å². The molecule has 4 rings (SSSR count). The second kappa shape index (κ2) is 7.76. The van der Waals surface area contributed by atoms with Gasteiger partial charge in [-0.2, -0.15) is 5.10 Å². The Morgan fingerprint density at radius 1 is 1.04 bits per heavy atom. The van der Waals surface area contributed by atoms with Gasteiger partial charge in [-0.05, 0) is 30.5 Å². The van der Waals surface area contributed by atoms with Gasteiger partial charge in [-0.15, -0.1) is 0 Å². The number of benzene rings is 2. The molecule has 1 aromatic heterocycles. The third-order valence-electron chi connectivity index (χ3n) is 4.81. The molecule has 1 aliphatic rings. The molecule has 1 aliphatic carbocycles. The van der Waals surface area contributed by atoms with Gasteiger partial charge < -0.3 is 4.90 Å². The highest BCUT2D eigenvalue weighted by Gasteiger charge is 2.34. The molecule has 142 valence electrons. The number of carbonyl (C=O) groups is 1. The lowest BCUT2D eigenvalue weighted by Crippen LogP contribution is -2.35. The van der Waals surface area contributed by atoms with Gasteiger partial charge in [0.25, 0.3) is 11.5 Å². The normalized spacial score (nSPS) is 13.3. The van der Waals surface area contributed by atoms with E-state index in [2.05, 4.69) is 5.10 Å². The lowest BCUT2D eigenvalue weighted by molar-refractivity contribution is 0.0719. The second-order valence-electron chi connectivity index (χ2n) is 6.96. The molecule has 5 nitrogen and oxygen atoms in total. The average molecular weight is 377 g/mol. The topological polar surface area (TPSA) is 55.2 Å². The molecule has 2 aromatic carbocycles. The number of hydrogen-bond acceptors (Lipinski definition) is 3. The van der Waals surface area contributed by atoms with Crippen molar-refractivity contribution < 1.29 is 9.18 Å². The summed E-state index contributed by atoms with van der Waals surface area (Å²) in [6, 6.07) is 18.8. The Balaban J connectivity index is 1.60. The van der Waals surface area contributed by atoms with Gasteiger partial charge in [-0.1, -0.05) is 48.5 Å². The van der Waals surface area contributed by atoms with Crippen molar-refractivity contribution >= 4 is 5.91 Å². The number of nitrogens with zero attached hydrogens (tertiary/aromatic N) is 3. The molecular weight excluding hydrogens is 357 g/mol. The molecule has 0 unspecified atom stereocenters. The van der Waals surface area contributed by atoms with Crippen LogP contribution in [0.3, 0.4) is 0 Å². The maximum absolute atomic E-state index is 14.1. The van der Waals surface area contributed by atoms with E-state index in [0.717, 1.165) is 18.4 Å². The molecule has 0 N–H and O–H groups in total. The minimum absolute atomic E-state index is 0.0865. The highest BCUT2D eigenvalue weighted by atomic mass is 19.1. The van der Waals surface area contributed by atoms with Crippen LogP contribution >= 0.6 is 0 Å². The summed E-state index contributed by atoms with van der Waals surface area (Å²) in [7, 11) is 0. The molecule has 0 radical (unpaired) electrons. The standard InChI is InChI=1S/C22H20FN3O2/c23-19-9-5-4-8-17(19)15-25(18-10-11-18)22(28)20-12-13-21(27)26(24-20)14-16-6-2-1-3-7-16/h1-9,12-13,18H,10-11,14-15H2. The highest BCUT2D eigenvalue weighted by molar-refractivity contribution is 5.92. The third-order valence-corrected chi connectivity index (χ3v) is 4.81. The van der Waals surface area contributed by atoms with Crippen LogP contribution in [0.1, 0.15) is 34.5 Å². The molecule has 1 amide bonds. The van der Waals surface area contributed by atoms with Crippen LogP contribution < -0.4 is 5.56 Å². The maximum atomic E-state index is 14.1. The monoisotopic (exact) mass is 377 g/mol. The van der Waals surface area contributed by atoms with Crippen LogP contribution in [-0.2, 0) is 13.1 Å². The lowest BCUT2D eigenvalue weighted by atomic mass is 10.2. The zero-order chi connectivity index (χ0) is 19.5. The number of hydrogen-bond donors (Lipinski definition) is 0. The van der Waals surface area contributed by atoms with Crippen molar-refractivity contribution in [1.82, 2.24) is 14.7 Å². The van der Waals surface area contributed by atoms with E-state index in [1.807, 2.05) is 30.3 Å². The van der Waals surface area contributed by atoms with Crippen LogP contribution in [0.25, 0.3) is 0 Å². The Morgan fingerprint density at radius 2 is 1.75 bits per heavy atom. The second-order valence-corrected chi connectivity index (χ2v) is 6.96. The minimum atomic E-state index is -0.331. The van der Waals surface area contributed by atoms with E-state index < -0.39 is 0 Å². The number of aromatic nitrogens is 2. The predicted molar refractivity (Wildman–Crippen MR) is 103 cm³/mol. The molecule has 0 saturated heterocycles. The summed E-state index contributed by atoms with van der Waals surface area (Å²) in [5.41, 5.74) is 1.32.